The van der Waals surface area contributed by atoms with E-state index in [9.17, 15) is 0 Å². The minimum Gasteiger partial charge on any atom is -0.349 e. The normalized spacial score (nSPS) is 14.7. The van der Waals surface area contributed by atoms with Gasteiger partial charge in [-0.1, -0.05) is 54.6 Å². The highest BCUT2D eigenvalue weighted by Crippen LogP contribution is 2.22. The molecule has 6 nitrogen and oxygen atoms in total. The number of rotatable bonds is 4. The zero-order chi connectivity index (χ0) is 19.2. The van der Waals surface area contributed by atoms with Crippen LogP contribution in [0.1, 0.15) is 17.8 Å². The lowest BCUT2D eigenvalue weighted by molar-refractivity contribution is 0.438. The lowest BCUT2D eigenvalue weighted by Crippen LogP contribution is -2.43. The summed E-state index contributed by atoms with van der Waals surface area (Å²) in [5.41, 5.74) is 3.75. The zero-order valence-corrected chi connectivity index (χ0v) is 16.0. The first-order chi connectivity index (χ1) is 13.8. The predicted octanol–water partition coefficient (Wildman–Crippen LogP) is 3.13. The van der Waals surface area contributed by atoms with Crippen LogP contribution in [0.5, 0.6) is 0 Å². The average Bonchev–Trinajstić information content (AvgIpc) is 3.24. The number of guanidine groups is 1. The molecule has 0 atom stereocenters. The molecule has 2 heterocycles. The van der Waals surface area contributed by atoms with Crippen molar-refractivity contribution in [2.75, 3.05) is 20.1 Å². The van der Waals surface area contributed by atoms with E-state index in [1.165, 1.54) is 11.1 Å². The van der Waals surface area contributed by atoms with Crippen molar-refractivity contribution in [1.29, 1.82) is 0 Å². The number of para-hydroxylation sites is 1. The number of nitrogens with zero attached hydrogens (tertiary/aromatic N) is 5. The SMILES string of the molecule is CN=C(NCc1nncn1-c1ccccc1)N1CC=C(c2ccccc2)CC1. The van der Waals surface area contributed by atoms with Crippen molar-refractivity contribution in [2.45, 2.75) is 13.0 Å². The molecule has 1 aliphatic heterocycles. The molecular formula is C22H24N6. The lowest BCUT2D eigenvalue weighted by atomic mass is 10.00. The fourth-order valence-corrected chi connectivity index (χ4v) is 3.45. The molecule has 0 unspecified atom stereocenters. The van der Waals surface area contributed by atoms with E-state index in [0.29, 0.717) is 6.54 Å². The first-order valence-electron chi connectivity index (χ1n) is 9.49. The first-order valence-corrected chi connectivity index (χ1v) is 9.49. The van der Waals surface area contributed by atoms with Crippen molar-refractivity contribution in [3.8, 4) is 5.69 Å². The van der Waals surface area contributed by atoms with Gasteiger partial charge < -0.3 is 10.2 Å². The summed E-state index contributed by atoms with van der Waals surface area (Å²) < 4.78 is 1.99. The Morgan fingerprint density at radius 1 is 1.07 bits per heavy atom. The molecule has 0 bridgehead atoms. The van der Waals surface area contributed by atoms with Crippen LogP contribution >= 0.6 is 0 Å². The van der Waals surface area contributed by atoms with Gasteiger partial charge in [-0.2, -0.15) is 0 Å². The van der Waals surface area contributed by atoms with E-state index in [4.69, 9.17) is 0 Å². The number of hydrogen-bond acceptors (Lipinski definition) is 3. The molecule has 142 valence electrons. The van der Waals surface area contributed by atoms with Crippen molar-refractivity contribution in [3.63, 3.8) is 0 Å². The second-order valence-electron chi connectivity index (χ2n) is 6.64. The summed E-state index contributed by atoms with van der Waals surface area (Å²) in [6.07, 6.45) is 5.04. The van der Waals surface area contributed by atoms with E-state index in [1.54, 1.807) is 6.33 Å². The van der Waals surface area contributed by atoms with Crippen LogP contribution in [-0.2, 0) is 6.54 Å². The Hall–Kier alpha value is -3.41. The van der Waals surface area contributed by atoms with Crippen LogP contribution in [-0.4, -0.2) is 45.8 Å². The third-order valence-electron chi connectivity index (χ3n) is 4.92. The highest BCUT2D eigenvalue weighted by molar-refractivity contribution is 5.81. The van der Waals surface area contributed by atoms with Crippen LogP contribution < -0.4 is 5.32 Å². The van der Waals surface area contributed by atoms with E-state index < -0.39 is 0 Å². The van der Waals surface area contributed by atoms with Gasteiger partial charge in [0.1, 0.15) is 6.33 Å². The van der Waals surface area contributed by atoms with Crippen molar-refractivity contribution >= 4 is 11.5 Å². The van der Waals surface area contributed by atoms with E-state index in [1.807, 2.05) is 41.9 Å². The molecule has 1 aliphatic rings. The fraction of sp³-hybridized carbons (Fsp3) is 0.227. The van der Waals surface area contributed by atoms with Crippen molar-refractivity contribution in [1.82, 2.24) is 25.0 Å². The third-order valence-corrected chi connectivity index (χ3v) is 4.92. The first kappa shape index (κ1) is 18.0. The van der Waals surface area contributed by atoms with E-state index in [2.05, 4.69) is 61.8 Å². The molecule has 0 spiro atoms. The van der Waals surface area contributed by atoms with Crippen molar-refractivity contribution in [3.05, 3.63) is 84.5 Å². The van der Waals surface area contributed by atoms with Gasteiger partial charge in [0, 0.05) is 25.8 Å². The summed E-state index contributed by atoms with van der Waals surface area (Å²) in [5.74, 6) is 1.73. The van der Waals surface area contributed by atoms with Gasteiger partial charge in [-0.25, -0.2) is 0 Å². The second kappa shape index (κ2) is 8.52. The Morgan fingerprint density at radius 3 is 2.50 bits per heavy atom. The van der Waals surface area contributed by atoms with Crippen LogP contribution in [0.2, 0.25) is 0 Å². The smallest absolute Gasteiger partial charge is 0.194 e. The molecular weight excluding hydrogens is 348 g/mol. The monoisotopic (exact) mass is 372 g/mol. The van der Waals surface area contributed by atoms with E-state index in [0.717, 1.165) is 37.0 Å². The Kier molecular flexibility index (Phi) is 5.47. The van der Waals surface area contributed by atoms with Crippen LogP contribution in [0.3, 0.4) is 0 Å². The molecule has 0 aliphatic carbocycles. The molecule has 6 heteroatoms. The summed E-state index contributed by atoms with van der Waals surface area (Å²) in [6, 6.07) is 20.7. The lowest BCUT2D eigenvalue weighted by Gasteiger charge is -2.29. The fourth-order valence-electron chi connectivity index (χ4n) is 3.45. The van der Waals surface area contributed by atoms with Gasteiger partial charge in [0.05, 0.1) is 6.54 Å². The molecule has 3 aromatic rings. The van der Waals surface area contributed by atoms with Gasteiger partial charge in [0.25, 0.3) is 0 Å². The maximum absolute atomic E-state index is 4.46. The van der Waals surface area contributed by atoms with Gasteiger partial charge in [0.15, 0.2) is 11.8 Å². The molecule has 0 saturated carbocycles. The summed E-state index contributed by atoms with van der Waals surface area (Å²) in [6.45, 7) is 2.34. The summed E-state index contributed by atoms with van der Waals surface area (Å²) in [7, 11) is 1.82. The number of aromatic nitrogens is 3. The zero-order valence-electron chi connectivity index (χ0n) is 16.0. The molecule has 0 fully saturated rings. The van der Waals surface area contributed by atoms with Crippen LogP contribution in [0.15, 0.2) is 78.1 Å². The van der Waals surface area contributed by atoms with E-state index >= 15 is 0 Å². The average molecular weight is 372 g/mol. The van der Waals surface area contributed by atoms with Gasteiger partial charge in [-0.3, -0.25) is 9.56 Å². The molecule has 0 saturated heterocycles. The van der Waals surface area contributed by atoms with Crippen molar-refractivity contribution < 1.29 is 0 Å². The molecule has 2 aromatic carbocycles. The van der Waals surface area contributed by atoms with Gasteiger partial charge in [-0.05, 0) is 29.7 Å². The van der Waals surface area contributed by atoms with E-state index in [-0.39, 0.29) is 0 Å². The Balaban J connectivity index is 1.41. The summed E-state index contributed by atoms with van der Waals surface area (Å²) in [4.78, 5) is 6.72. The van der Waals surface area contributed by atoms with Gasteiger partial charge >= 0.3 is 0 Å². The third kappa shape index (κ3) is 3.96. The minimum absolute atomic E-state index is 0.563. The number of benzene rings is 2. The maximum atomic E-state index is 4.46. The van der Waals surface area contributed by atoms with Crippen LogP contribution in [0.4, 0.5) is 0 Å². The van der Waals surface area contributed by atoms with Crippen LogP contribution in [0, 0.1) is 0 Å². The predicted molar refractivity (Wildman–Crippen MR) is 112 cm³/mol. The Labute approximate surface area is 165 Å². The summed E-state index contributed by atoms with van der Waals surface area (Å²) in [5, 5.41) is 11.8. The second-order valence-corrected chi connectivity index (χ2v) is 6.64. The molecule has 0 radical (unpaired) electrons. The highest BCUT2D eigenvalue weighted by atomic mass is 15.3. The standard InChI is InChI=1S/C22H24N6/c1-23-22(27-14-12-19(13-15-27)18-8-4-2-5-9-18)24-16-21-26-25-17-28(21)20-10-6-3-7-11-20/h2-12,17H,13-16H2,1H3,(H,23,24). The van der Waals surface area contributed by atoms with Gasteiger partial charge in [0.2, 0.25) is 0 Å². The topological polar surface area (TPSA) is 58.3 Å². The number of hydrogen-bond donors (Lipinski definition) is 1. The van der Waals surface area contributed by atoms with Crippen molar-refractivity contribution in [2.24, 2.45) is 4.99 Å². The molecule has 4 rings (SSSR count). The quantitative estimate of drug-likeness (QED) is 0.565. The largest absolute Gasteiger partial charge is 0.349 e. The molecule has 1 aromatic heterocycles. The number of aliphatic imine (C=N–C) groups is 1. The molecule has 1 N–H and O–H groups in total. The van der Waals surface area contributed by atoms with Gasteiger partial charge in [-0.15, -0.1) is 10.2 Å². The maximum Gasteiger partial charge on any atom is 0.194 e. The Bertz CT molecular complexity index is 959. The number of nitrogens with one attached hydrogen (secondary N) is 1. The summed E-state index contributed by atoms with van der Waals surface area (Å²) >= 11 is 0. The van der Waals surface area contributed by atoms with Crippen LogP contribution in [0.25, 0.3) is 11.3 Å². The highest BCUT2D eigenvalue weighted by Gasteiger charge is 2.17. The molecule has 0 amide bonds. The molecule has 28 heavy (non-hydrogen) atoms. The Morgan fingerprint density at radius 2 is 1.82 bits per heavy atom. The minimum atomic E-state index is 0.563.